The Labute approximate surface area is 164 Å². The fourth-order valence-electron chi connectivity index (χ4n) is 2.62. The van der Waals surface area contributed by atoms with Crippen molar-refractivity contribution >= 4 is 45.9 Å². The predicted molar refractivity (Wildman–Crippen MR) is 112 cm³/mol. The lowest BCUT2D eigenvalue weighted by Gasteiger charge is -2.21. The summed E-state index contributed by atoms with van der Waals surface area (Å²) in [6.07, 6.45) is 4.77. The molecule has 0 bridgehead atoms. The van der Waals surface area contributed by atoms with Crippen LogP contribution in [0.4, 0.5) is 5.13 Å². The van der Waals surface area contributed by atoms with Crippen LogP contribution in [-0.2, 0) is 0 Å². The second-order valence-corrected chi connectivity index (χ2v) is 9.37. The maximum atomic E-state index is 12.5. The molecule has 4 rings (SSSR count). The number of carbonyl (C=O) groups is 1. The molecule has 26 heavy (non-hydrogen) atoms. The molecule has 4 nitrogen and oxygen atoms in total. The lowest BCUT2D eigenvalue weighted by Crippen LogP contribution is -2.11. The third kappa shape index (κ3) is 4.11. The Morgan fingerprint density at radius 1 is 1.12 bits per heavy atom. The molecule has 3 aromatic rings. The minimum absolute atomic E-state index is 0.132. The third-order valence-corrected chi connectivity index (χ3v) is 7.73. The summed E-state index contributed by atoms with van der Waals surface area (Å²) in [6, 6.07) is 11.7. The molecule has 132 valence electrons. The molecule has 1 aromatic carbocycles. The van der Waals surface area contributed by atoms with E-state index in [-0.39, 0.29) is 5.91 Å². The van der Waals surface area contributed by atoms with E-state index < -0.39 is 0 Å². The molecule has 3 heterocycles. The van der Waals surface area contributed by atoms with E-state index >= 15 is 0 Å². The van der Waals surface area contributed by atoms with Gasteiger partial charge in [0.1, 0.15) is 0 Å². The van der Waals surface area contributed by atoms with Crippen molar-refractivity contribution in [2.45, 2.75) is 11.0 Å². The first-order valence-electron chi connectivity index (χ1n) is 8.30. The highest BCUT2D eigenvalue weighted by atomic mass is 32.2. The Kier molecular flexibility index (Phi) is 5.57. The maximum Gasteiger partial charge on any atom is 0.257 e. The van der Waals surface area contributed by atoms with Crippen LogP contribution in [0, 0.1) is 0 Å². The molecule has 0 aliphatic carbocycles. The Morgan fingerprint density at radius 3 is 2.65 bits per heavy atom. The summed E-state index contributed by atoms with van der Waals surface area (Å²) in [4.78, 5) is 21.1. The zero-order valence-electron chi connectivity index (χ0n) is 13.9. The van der Waals surface area contributed by atoms with E-state index in [1.807, 2.05) is 53.2 Å². The zero-order chi connectivity index (χ0) is 17.8. The molecule has 2 aromatic heterocycles. The first-order valence-corrected chi connectivity index (χ1v) is 11.3. The quantitative estimate of drug-likeness (QED) is 0.643. The highest BCUT2D eigenvalue weighted by Gasteiger charge is 2.17. The van der Waals surface area contributed by atoms with Crippen LogP contribution in [0.3, 0.4) is 0 Å². The van der Waals surface area contributed by atoms with Gasteiger partial charge in [-0.2, -0.15) is 0 Å². The van der Waals surface area contributed by atoms with Crippen LogP contribution < -0.4 is 5.32 Å². The standard InChI is InChI=1S/C19H17N3OS3/c23-17(13-4-6-14(7-5-13)18-24-9-2-10-25-18)22-19-21-16(12-26-19)15-3-1-8-20-11-15/h1,3-8,11-12,18H,2,9-10H2,(H,21,22,23). The topological polar surface area (TPSA) is 54.9 Å². The second kappa shape index (κ2) is 8.24. The van der Waals surface area contributed by atoms with Crippen molar-refractivity contribution in [3.8, 4) is 11.3 Å². The van der Waals surface area contributed by atoms with Crippen LogP contribution in [-0.4, -0.2) is 27.4 Å². The number of benzene rings is 1. The van der Waals surface area contributed by atoms with Crippen molar-refractivity contribution in [1.82, 2.24) is 9.97 Å². The van der Waals surface area contributed by atoms with Crippen molar-refractivity contribution < 1.29 is 4.79 Å². The molecule has 1 fully saturated rings. The number of thiazole rings is 1. The molecule has 0 radical (unpaired) electrons. The predicted octanol–water partition coefficient (Wildman–Crippen LogP) is 5.33. The van der Waals surface area contributed by atoms with Gasteiger partial charge in [-0.3, -0.25) is 15.1 Å². The molecule has 0 spiro atoms. The average molecular weight is 400 g/mol. The van der Waals surface area contributed by atoms with Crippen molar-refractivity contribution in [3.63, 3.8) is 0 Å². The highest BCUT2D eigenvalue weighted by Crippen LogP contribution is 2.43. The van der Waals surface area contributed by atoms with Crippen molar-refractivity contribution in [3.05, 3.63) is 65.3 Å². The van der Waals surface area contributed by atoms with E-state index in [9.17, 15) is 4.79 Å². The van der Waals surface area contributed by atoms with Gasteiger partial charge in [0, 0.05) is 28.9 Å². The summed E-state index contributed by atoms with van der Waals surface area (Å²) in [5.41, 5.74) is 3.69. The van der Waals surface area contributed by atoms with Gasteiger partial charge in [-0.05, 0) is 47.8 Å². The zero-order valence-corrected chi connectivity index (χ0v) is 16.4. The molecule has 7 heteroatoms. The molecular weight excluding hydrogens is 382 g/mol. The molecule has 0 unspecified atom stereocenters. The van der Waals surface area contributed by atoms with E-state index in [2.05, 4.69) is 27.4 Å². The smallest absolute Gasteiger partial charge is 0.257 e. The van der Waals surface area contributed by atoms with Gasteiger partial charge in [-0.25, -0.2) is 4.98 Å². The third-order valence-electron chi connectivity index (χ3n) is 3.95. The number of anilines is 1. The number of thioether (sulfide) groups is 2. The van der Waals surface area contributed by atoms with Crippen LogP contribution in [0.2, 0.25) is 0 Å². The molecule has 1 saturated heterocycles. The van der Waals surface area contributed by atoms with E-state index in [0.717, 1.165) is 11.3 Å². The normalized spacial score (nSPS) is 14.9. The van der Waals surface area contributed by atoms with Crippen molar-refractivity contribution in [1.29, 1.82) is 0 Å². The fourth-order valence-corrected chi connectivity index (χ4v) is 6.23. The number of nitrogens with one attached hydrogen (secondary N) is 1. The Hall–Kier alpha value is -1.83. The van der Waals surface area contributed by atoms with Crippen LogP contribution in [0.15, 0.2) is 54.2 Å². The van der Waals surface area contributed by atoms with Crippen LogP contribution in [0.5, 0.6) is 0 Å². The molecule has 1 N–H and O–H groups in total. The van der Waals surface area contributed by atoms with Gasteiger partial charge in [-0.15, -0.1) is 34.9 Å². The first-order chi connectivity index (χ1) is 12.8. The van der Waals surface area contributed by atoms with E-state index in [1.165, 1.54) is 34.8 Å². The van der Waals surface area contributed by atoms with E-state index in [1.54, 1.807) is 12.4 Å². The van der Waals surface area contributed by atoms with E-state index in [0.29, 0.717) is 15.3 Å². The summed E-state index contributed by atoms with van der Waals surface area (Å²) >= 11 is 5.38. The average Bonchev–Trinajstić information content (AvgIpc) is 3.18. The molecular formula is C19H17N3OS3. The minimum Gasteiger partial charge on any atom is -0.298 e. The van der Waals surface area contributed by atoms with Gasteiger partial charge >= 0.3 is 0 Å². The number of hydrogen-bond acceptors (Lipinski definition) is 6. The molecule has 0 atom stereocenters. The SMILES string of the molecule is O=C(Nc1nc(-c2cccnc2)cs1)c1ccc(C2SCCCS2)cc1. The number of nitrogens with zero attached hydrogens (tertiary/aromatic N) is 2. The van der Waals surface area contributed by atoms with Crippen molar-refractivity contribution in [2.24, 2.45) is 0 Å². The summed E-state index contributed by atoms with van der Waals surface area (Å²) < 4.78 is 0.488. The Morgan fingerprint density at radius 2 is 1.92 bits per heavy atom. The number of carbonyl (C=O) groups excluding carboxylic acids is 1. The number of amides is 1. The largest absolute Gasteiger partial charge is 0.298 e. The molecule has 1 amide bonds. The first kappa shape index (κ1) is 17.6. The lowest BCUT2D eigenvalue weighted by molar-refractivity contribution is 0.102. The second-order valence-electron chi connectivity index (χ2n) is 5.78. The van der Waals surface area contributed by atoms with Crippen LogP contribution in [0.25, 0.3) is 11.3 Å². The molecule has 1 aliphatic rings. The van der Waals surface area contributed by atoms with Gasteiger partial charge in [0.15, 0.2) is 5.13 Å². The summed E-state index contributed by atoms with van der Waals surface area (Å²) in [6.45, 7) is 0. The number of hydrogen-bond donors (Lipinski definition) is 1. The minimum atomic E-state index is -0.132. The highest BCUT2D eigenvalue weighted by molar-refractivity contribution is 8.16. The lowest BCUT2D eigenvalue weighted by atomic mass is 10.1. The Bertz CT molecular complexity index is 875. The van der Waals surface area contributed by atoms with Crippen LogP contribution >= 0.6 is 34.9 Å². The van der Waals surface area contributed by atoms with Gasteiger partial charge in [0.2, 0.25) is 0 Å². The monoisotopic (exact) mass is 399 g/mol. The van der Waals surface area contributed by atoms with Gasteiger partial charge < -0.3 is 0 Å². The fraction of sp³-hybridized carbons (Fsp3) is 0.211. The summed E-state index contributed by atoms with van der Waals surface area (Å²) in [7, 11) is 0. The Balaban J connectivity index is 1.42. The van der Waals surface area contributed by atoms with Crippen LogP contribution in [0.1, 0.15) is 26.9 Å². The van der Waals surface area contributed by atoms with Gasteiger partial charge in [-0.1, -0.05) is 12.1 Å². The van der Waals surface area contributed by atoms with Gasteiger partial charge in [0.25, 0.3) is 5.91 Å². The number of aromatic nitrogens is 2. The number of rotatable bonds is 4. The maximum absolute atomic E-state index is 12.5. The van der Waals surface area contributed by atoms with Gasteiger partial charge in [0.05, 0.1) is 10.3 Å². The number of pyridine rings is 1. The summed E-state index contributed by atoms with van der Waals surface area (Å²) in [5, 5.41) is 5.40. The summed E-state index contributed by atoms with van der Waals surface area (Å²) in [5.74, 6) is 2.29. The molecule has 0 saturated carbocycles. The van der Waals surface area contributed by atoms with E-state index in [4.69, 9.17) is 0 Å². The molecule has 1 aliphatic heterocycles. The van der Waals surface area contributed by atoms with Crippen molar-refractivity contribution in [2.75, 3.05) is 16.8 Å².